The van der Waals surface area contributed by atoms with Crippen molar-refractivity contribution in [3.8, 4) is 28.0 Å². The van der Waals surface area contributed by atoms with Crippen LogP contribution < -0.4 is 10.1 Å². The van der Waals surface area contributed by atoms with Crippen molar-refractivity contribution < 1.29 is 41.7 Å². The number of carbonyl (C=O) groups excluding carboxylic acids is 1. The molecule has 1 heterocycles. The highest BCUT2D eigenvalue weighted by Crippen LogP contribution is 2.48. The highest BCUT2D eigenvalue weighted by Gasteiger charge is 2.51. The summed E-state index contributed by atoms with van der Waals surface area (Å²) in [6, 6.07) is 19.5. The summed E-state index contributed by atoms with van der Waals surface area (Å²) in [6.45, 7) is 1.39. The first-order valence-corrected chi connectivity index (χ1v) is 13.0. The van der Waals surface area contributed by atoms with Crippen LogP contribution in [0.2, 0.25) is 0 Å². The van der Waals surface area contributed by atoms with Gasteiger partial charge in [-0.15, -0.1) is 13.2 Å². The third-order valence-corrected chi connectivity index (χ3v) is 7.33. The van der Waals surface area contributed by atoms with Crippen molar-refractivity contribution in [2.45, 2.75) is 37.6 Å². The Bertz CT molecular complexity index is 1620. The van der Waals surface area contributed by atoms with Gasteiger partial charge in [-0.2, -0.15) is 0 Å². The number of carboxylic acids is 1. The largest absolute Gasteiger partial charge is 0.573 e. The molecule has 0 aliphatic heterocycles. The first kappa shape index (κ1) is 28.7. The van der Waals surface area contributed by atoms with Gasteiger partial charge in [-0.3, -0.25) is 10.1 Å². The minimum Gasteiger partial charge on any atom is -0.481 e. The van der Waals surface area contributed by atoms with Crippen molar-refractivity contribution in [3.63, 3.8) is 0 Å². The number of carbonyl (C=O) groups is 2. The molecule has 1 amide bonds. The van der Waals surface area contributed by atoms with E-state index in [4.69, 9.17) is 4.74 Å². The monoisotopic (exact) mass is 582 g/mol. The molecular formula is C31H26F4N2O5. The molecule has 1 aliphatic carbocycles. The zero-order valence-corrected chi connectivity index (χ0v) is 22.5. The zero-order chi connectivity index (χ0) is 30.2. The fourth-order valence-electron chi connectivity index (χ4n) is 4.96. The third-order valence-electron chi connectivity index (χ3n) is 7.33. The maximum absolute atomic E-state index is 15.0. The van der Waals surface area contributed by atoms with E-state index in [0.717, 1.165) is 22.8 Å². The number of benzene rings is 3. The Morgan fingerprint density at radius 2 is 1.52 bits per heavy atom. The standard InChI is InChI=1S/C31H26F4N2O5/c1-18(23-5-3-4-6-25(23)42-31(33,34)35)41-29(40)36-27-26(24(32)17-37(27)2)21-9-7-19(8-10-21)20-11-13-22(14-12-20)30(15-16-30)28(38)39/h3-14,17-18H,15-16H2,1-2H3,(H,36,40)(H,38,39). The Balaban J connectivity index is 1.32. The third kappa shape index (κ3) is 5.81. The lowest BCUT2D eigenvalue weighted by Crippen LogP contribution is -2.21. The molecule has 42 heavy (non-hydrogen) atoms. The quantitative estimate of drug-likeness (QED) is 0.207. The molecule has 3 aromatic carbocycles. The van der Waals surface area contributed by atoms with Crippen LogP contribution in [0.1, 0.15) is 37.0 Å². The SMILES string of the molecule is CC(OC(=O)Nc1c(-c2ccc(-c3ccc(C4(C(=O)O)CC4)cc3)cc2)c(F)cn1C)c1ccccc1OC(F)(F)F. The smallest absolute Gasteiger partial charge is 0.481 e. The summed E-state index contributed by atoms with van der Waals surface area (Å²) in [7, 11) is 1.53. The Morgan fingerprint density at radius 1 is 0.952 bits per heavy atom. The minimum atomic E-state index is -4.92. The summed E-state index contributed by atoms with van der Waals surface area (Å²) < 4.78 is 64.1. The molecule has 0 bridgehead atoms. The number of aliphatic carboxylic acids is 1. The van der Waals surface area contributed by atoms with Crippen LogP contribution >= 0.6 is 0 Å². The van der Waals surface area contributed by atoms with E-state index in [1.807, 2.05) is 24.3 Å². The number of aromatic nitrogens is 1. The van der Waals surface area contributed by atoms with E-state index in [1.165, 1.54) is 42.9 Å². The lowest BCUT2D eigenvalue weighted by atomic mass is 9.93. The number of aryl methyl sites for hydroxylation is 1. The highest BCUT2D eigenvalue weighted by molar-refractivity contribution is 5.91. The molecule has 7 nitrogen and oxygen atoms in total. The van der Waals surface area contributed by atoms with Gasteiger partial charge in [0.1, 0.15) is 17.7 Å². The van der Waals surface area contributed by atoms with Crippen LogP contribution in [-0.2, 0) is 22.0 Å². The summed E-state index contributed by atoms with van der Waals surface area (Å²) in [6.07, 6.45) is -4.63. The molecular weight excluding hydrogens is 556 g/mol. The summed E-state index contributed by atoms with van der Waals surface area (Å²) in [5.74, 6) is -1.85. The molecule has 11 heteroatoms. The normalized spacial score (nSPS) is 14.6. The second kappa shape index (κ2) is 10.9. The molecule has 1 fully saturated rings. The molecule has 1 atom stereocenters. The van der Waals surface area contributed by atoms with Crippen molar-refractivity contribution in [1.29, 1.82) is 0 Å². The average molecular weight is 583 g/mol. The van der Waals surface area contributed by atoms with E-state index in [1.54, 1.807) is 24.3 Å². The molecule has 5 rings (SSSR count). The maximum Gasteiger partial charge on any atom is 0.573 e. The summed E-state index contributed by atoms with van der Waals surface area (Å²) in [5, 5.41) is 12.0. The van der Waals surface area contributed by atoms with E-state index in [-0.39, 0.29) is 16.9 Å². The molecule has 0 spiro atoms. The first-order chi connectivity index (χ1) is 19.9. The fraction of sp³-hybridized carbons (Fsp3) is 0.226. The van der Waals surface area contributed by atoms with Crippen molar-refractivity contribution in [1.82, 2.24) is 4.57 Å². The number of anilines is 1. The van der Waals surface area contributed by atoms with E-state index >= 15 is 4.39 Å². The number of amides is 1. The molecule has 0 saturated heterocycles. The number of hydrogen-bond donors (Lipinski definition) is 2. The van der Waals surface area contributed by atoms with Gasteiger partial charge in [0.2, 0.25) is 0 Å². The summed E-state index contributed by atoms with van der Waals surface area (Å²) in [4.78, 5) is 24.4. The van der Waals surface area contributed by atoms with Gasteiger partial charge in [-0.25, -0.2) is 9.18 Å². The number of ether oxygens (including phenoxy) is 2. The Kier molecular flexibility index (Phi) is 7.44. The molecule has 2 N–H and O–H groups in total. The summed E-state index contributed by atoms with van der Waals surface area (Å²) in [5.41, 5.74) is 2.20. The van der Waals surface area contributed by atoms with E-state index in [0.29, 0.717) is 18.4 Å². The Labute approximate surface area is 238 Å². The van der Waals surface area contributed by atoms with Gasteiger partial charge in [-0.1, -0.05) is 66.7 Å². The van der Waals surface area contributed by atoms with Gasteiger partial charge in [-0.05, 0) is 48.1 Å². The molecule has 4 aromatic rings. The van der Waals surface area contributed by atoms with Gasteiger partial charge < -0.3 is 19.1 Å². The van der Waals surface area contributed by atoms with E-state index in [9.17, 15) is 27.9 Å². The molecule has 1 saturated carbocycles. The maximum atomic E-state index is 15.0. The number of halogens is 4. The van der Waals surface area contributed by atoms with Gasteiger partial charge in [0, 0.05) is 18.8 Å². The Morgan fingerprint density at radius 3 is 2.10 bits per heavy atom. The molecule has 1 unspecified atom stereocenters. The molecule has 1 aliphatic rings. The minimum absolute atomic E-state index is 0.00198. The van der Waals surface area contributed by atoms with Crippen molar-refractivity contribution in [2.24, 2.45) is 7.05 Å². The highest BCUT2D eigenvalue weighted by atomic mass is 19.4. The van der Waals surface area contributed by atoms with Crippen molar-refractivity contribution in [2.75, 3.05) is 5.32 Å². The number of hydrogen-bond acceptors (Lipinski definition) is 4. The van der Waals surface area contributed by atoms with E-state index in [2.05, 4.69) is 10.1 Å². The van der Waals surface area contributed by atoms with Crippen molar-refractivity contribution in [3.05, 3.63) is 95.9 Å². The van der Waals surface area contributed by atoms with E-state index < -0.39 is 41.5 Å². The summed E-state index contributed by atoms with van der Waals surface area (Å²) >= 11 is 0. The second-order valence-corrected chi connectivity index (χ2v) is 10.1. The Hall–Kier alpha value is -4.80. The van der Waals surface area contributed by atoms with Crippen LogP contribution in [0.25, 0.3) is 22.3 Å². The van der Waals surface area contributed by atoms with Crippen LogP contribution in [0.15, 0.2) is 79.0 Å². The molecule has 0 radical (unpaired) electrons. The fourth-order valence-corrected chi connectivity index (χ4v) is 4.96. The number of para-hydroxylation sites is 1. The van der Waals surface area contributed by atoms with Crippen LogP contribution in [0.3, 0.4) is 0 Å². The van der Waals surface area contributed by atoms with Crippen LogP contribution in [0, 0.1) is 5.82 Å². The van der Waals surface area contributed by atoms with Gasteiger partial charge in [0.05, 0.1) is 11.0 Å². The zero-order valence-electron chi connectivity index (χ0n) is 22.5. The predicted molar refractivity (Wildman–Crippen MR) is 146 cm³/mol. The first-order valence-electron chi connectivity index (χ1n) is 13.0. The van der Waals surface area contributed by atoms with Crippen molar-refractivity contribution >= 4 is 17.9 Å². The van der Waals surface area contributed by atoms with Gasteiger partial charge in [0.15, 0.2) is 5.82 Å². The number of rotatable bonds is 8. The molecule has 218 valence electrons. The average Bonchev–Trinajstić information content (AvgIpc) is 3.70. The topological polar surface area (TPSA) is 89.8 Å². The van der Waals surface area contributed by atoms with Gasteiger partial charge in [0.25, 0.3) is 0 Å². The number of carboxylic acid groups (broad SMARTS) is 1. The van der Waals surface area contributed by atoms with Gasteiger partial charge >= 0.3 is 18.4 Å². The number of alkyl halides is 3. The van der Waals surface area contributed by atoms with Crippen LogP contribution in [-0.4, -0.2) is 28.1 Å². The number of nitrogens with one attached hydrogen (secondary N) is 1. The lowest BCUT2D eigenvalue weighted by molar-refractivity contribution is -0.275. The number of nitrogens with zero attached hydrogens (tertiary/aromatic N) is 1. The van der Waals surface area contributed by atoms with Crippen LogP contribution in [0.4, 0.5) is 28.2 Å². The second-order valence-electron chi connectivity index (χ2n) is 10.1. The molecule has 1 aromatic heterocycles. The predicted octanol–water partition coefficient (Wildman–Crippen LogP) is 7.82. The lowest BCUT2D eigenvalue weighted by Gasteiger charge is -2.19. The van der Waals surface area contributed by atoms with Crippen LogP contribution in [0.5, 0.6) is 5.75 Å².